The van der Waals surface area contributed by atoms with Crippen LogP contribution in [0.4, 0.5) is 0 Å². The van der Waals surface area contributed by atoms with Gasteiger partial charge in [0, 0.05) is 36.4 Å². The SMILES string of the molecule is CSCC[C@@H]1NC(=O)[C@H](CC(C)C)NC(=O)CNC(=O)[C@H](Cc2ccccc2)NC(=O)[C@H](Cc2c[nH]c3ccccc23)NC(=O)[C@H](CCC(=O)O)NC1=O. The highest BCUT2D eigenvalue weighted by Crippen LogP contribution is 2.20. The molecule has 1 fully saturated rings. The second-order valence-corrected chi connectivity index (χ2v) is 14.7. The highest BCUT2D eigenvalue weighted by Gasteiger charge is 2.34. The number of hydrogen-bond acceptors (Lipinski definition) is 8. The number of hydrogen-bond donors (Lipinski definition) is 8. The van der Waals surface area contributed by atoms with E-state index >= 15 is 0 Å². The van der Waals surface area contributed by atoms with Crippen molar-refractivity contribution in [3.05, 3.63) is 71.9 Å². The summed E-state index contributed by atoms with van der Waals surface area (Å²) in [6.45, 7) is 3.22. The van der Waals surface area contributed by atoms with E-state index in [1.807, 2.05) is 44.4 Å². The number of carbonyl (C=O) groups excluding carboxylic acids is 6. The molecule has 0 bridgehead atoms. The summed E-state index contributed by atoms with van der Waals surface area (Å²) >= 11 is 1.43. The number of para-hydroxylation sites is 1. The number of carbonyl (C=O) groups is 7. The van der Waals surface area contributed by atoms with Crippen molar-refractivity contribution in [1.82, 2.24) is 36.9 Å². The molecule has 1 aliphatic rings. The number of carboxylic acid groups (broad SMARTS) is 1. The zero-order valence-electron chi connectivity index (χ0n) is 30.6. The lowest BCUT2D eigenvalue weighted by atomic mass is 10.0. The lowest BCUT2D eigenvalue weighted by Gasteiger charge is -2.28. The van der Waals surface area contributed by atoms with Crippen LogP contribution in [0.3, 0.4) is 0 Å². The molecule has 290 valence electrons. The van der Waals surface area contributed by atoms with Crippen molar-refractivity contribution in [2.75, 3.05) is 18.6 Å². The van der Waals surface area contributed by atoms with Crippen molar-refractivity contribution < 1.29 is 38.7 Å². The van der Waals surface area contributed by atoms with Crippen LogP contribution in [0.2, 0.25) is 0 Å². The number of amides is 6. The molecule has 1 aromatic heterocycles. The largest absolute Gasteiger partial charge is 0.481 e. The Morgan fingerprint density at radius 3 is 1.94 bits per heavy atom. The first kappa shape index (κ1) is 41.4. The van der Waals surface area contributed by atoms with E-state index in [1.54, 1.807) is 36.5 Å². The molecular formula is C38H49N7O8S. The molecular weight excluding hydrogens is 715 g/mol. The van der Waals surface area contributed by atoms with Gasteiger partial charge in [-0.15, -0.1) is 0 Å². The summed E-state index contributed by atoms with van der Waals surface area (Å²) in [5.74, 6) is -5.04. The van der Waals surface area contributed by atoms with Gasteiger partial charge < -0.3 is 42.0 Å². The number of benzene rings is 2. The second-order valence-electron chi connectivity index (χ2n) is 13.7. The van der Waals surface area contributed by atoms with Crippen LogP contribution in [0.5, 0.6) is 0 Å². The first-order chi connectivity index (χ1) is 25.8. The van der Waals surface area contributed by atoms with Gasteiger partial charge in [0.15, 0.2) is 0 Å². The van der Waals surface area contributed by atoms with E-state index in [2.05, 4.69) is 36.9 Å². The second kappa shape index (κ2) is 20.2. The number of fused-ring (bicyclic) bond motifs is 1. The van der Waals surface area contributed by atoms with E-state index in [0.29, 0.717) is 16.9 Å². The van der Waals surface area contributed by atoms with Crippen molar-refractivity contribution in [3.63, 3.8) is 0 Å². The number of thioether (sulfide) groups is 1. The van der Waals surface area contributed by atoms with Crippen LogP contribution < -0.4 is 31.9 Å². The fraction of sp³-hybridized carbons (Fsp3) is 0.447. The van der Waals surface area contributed by atoms with Crippen LogP contribution in [-0.4, -0.2) is 100 Å². The molecule has 16 heteroatoms. The van der Waals surface area contributed by atoms with Crippen LogP contribution in [-0.2, 0) is 46.4 Å². The van der Waals surface area contributed by atoms with E-state index < -0.39 is 84.6 Å². The number of aromatic nitrogens is 1. The predicted octanol–water partition coefficient (Wildman–Crippen LogP) is 1.17. The standard InChI is InChI=1S/C38H49N7O8S/c1-22(2)17-29-37(52)43-28(15-16-54-3)36(51)42-27(13-14-33(47)48)35(50)45-31(19-24-20-39-26-12-8-7-11-25(24)26)38(53)44-30(18-23-9-5-4-6-10-23)34(49)40-21-32(46)41-29/h4-12,20,22,27-31,39H,13-19,21H2,1-3H3,(H,40,49)(H,41,46)(H,42,51)(H,43,52)(H,44,53)(H,45,50)(H,47,48)/t27-,28-,29-,30-,31-/m0/s1. The minimum absolute atomic E-state index is 0.0348. The predicted molar refractivity (Wildman–Crippen MR) is 204 cm³/mol. The Hall–Kier alpha value is -5.38. The molecule has 2 heterocycles. The van der Waals surface area contributed by atoms with Gasteiger partial charge in [-0.3, -0.25) is 33.6 Å². The van der Waals surface area contributed by atoms with Crippen LogP contribution >= 0.6 is 11.8 Å². The number of H-pyrrole nitrogens is 1. The third-order valence-electron chi connectivity index (χ3n) is 8.95. The normalized spacial score (nSPS) is 22.3. The number of aliphatic carboxylic acids is 1. The van der Waals surface area contributed by atoms with Gasteiger partial charge in [-0.2, -0.15) is 11.8 Å². The Morgan fingerprint density at radius 2 is 1.30 bits per heavy atom. The van der Waals surface area contributed by atoms with Gasteiger partial charge in [0.2, 0.25) is 35.4 Å². The molecule has 0 aliphatic carbocycles. The van der Waals surface area contributed by atoms with Gasteiger partial charge in [0.1, 0.15) is 30.2 Å². The van der Waals surface area contributed by atoms with Crippen molar-refractivity contribution >= 4 is 64.1 Å². The third-order valence-corrected chi connectivity index (χ3v) is 9.60. The molecule has 0 saturated carbocycles. The number of rotatable bonds is 12. The molecule has 6 amide bonds. The van der Waals surface area contributed by atoms with E-state index in [-0.39, 0.29) is 38.0 Å². The average molecular weight is 764 g/mol. The summed E-state index contributed by atoms with van der Waals surface area (Å²) in [7, 11) is 0. The summed E-state index contributed by atoms with van der Waals surface area (Å²) in [5, 5.41) is 26.3. The van der Waals surface area contributed by atoms with Crippen LogP contribution in [0.1, 0.15) is 50.7 Å². The third kappa shape index (κ3) is 12.4. The van der Waals surface area contributed by atoms with Crippen molar-refractivity contribution in [3.8, 4) is 0 Å². The summed E-state index contributed by atoms with van der Waals surface area (Å²) in [4.78, 5) is 97.2. The number of aromatic amines is 1. The topological polar surface area (TPSA) is 228 Å². The smallest absolute Gasteiger partial charge is 0.303 e. The first-order valence-corrected chi connectivity index (χ1v) is 19.3. The Morgan fingerprint density at radius 1 is 0.722 bits per heavy atom. The monoisotopic (exact) mass is 763 g/mol. The molecule has 0 spiro atoms. The number of nitrogens with one attached hydrogen (secondary N) is 7. The van der Waals surface area contributed by atoms with Crippen LogP contribution in [0, 0.1) is 5.92 Å². The minimum Gasteiger partial charge on any atom is -0.481 e. The van der Waals surface area contributed by atoms with E-state index in [0.717, 1.165) is 10.9 Å². The minimum atomic E-state index is -1.41. The summed E-state index contributed by atoms with van der Waals surface area (Å²) in [6, 6.07) is 10.2. The fourth-order valence-electron chi connectivity index (χ4n) is 6.16. The molecule has 0 unspecified atom stereocenters. The van der Waals surface area contributed by atoms with Gasteiger partial charge >= 0.3 is 5.97 Å². The van der Waals surface area contributed by atoms with Gasteiger partial charge in [0.25, 0.3) is 0 Å². The molecule has 1 aliphatic heterocycles. The molecule has 54 heavy (non-hydrogen) atoms. The Balaban J connectivity index is 1.75. The average Bonchev–Trinajstić information content (AvgIpc) is 3.55. The van der Waals surface area contributed by atoms with Crippen LogP contribution in [0.15, 0.2) is 60.8 Å². The molecule has 15 nitrogen and oxygen atoms in total. The van der Waals surface area contributed by atoms with Crippen molar-refractivity contribution in [2.45, 2.75) is 82.6 Å². The van der Waals surface area contributed by atoms with Crippen molar-refractivity contribution in [1.29, 1.82) is 0 Å². The van der Waals surface area contributed by atoms with Gasteiger partial charge in [-0.05, 0) is 54.4 Å². The zero-order valence-corrected chi connectivity index (χ0v) is 31.4. The first-order valence-electron chi connectivity index (χ1n) is 17.9. The summed E-state index contributed by atoms with van der Waals surface area (Å²) < 4.78 is 0. The van der Waals surface area contributed by atoms with Crippen molar-refractivity contribution in [2.24, 2.45) is 5.92 Å². The molecule has 0 radical (unpaired) electrons. The molecule has 4 rings (SSSR count). The zero-order chi connectivity index (χ0) is 39.2. The Bertz CT molecular complexity index is 1800. The highest BCUT2D eigenvalue weighted by molar-refractivity contribution is 7.98. The maximum atomic E-state index is 14.2. The van der Waals surface area contributed by atoms with Gasteiger partial charge in [-0.25, -0.2) is 0 Å². The maximum absolute atomic E-state index is 14.2. The number of carboxylic acids is 1. The van der Waals surface area contributed by atoms with Gasteiger partial charge in [-0.1, -0.05) is 62.4 Å². The quantitative estimate of drug-likeness (QED) is 0.132. The molecule has 2 aromatic carbocycles. The summed E-state index contributed by atoms with van der Waals surface area (Å²) in [5.41, 5.74) is 2.18. The molecule has 3 aromatic rings. The summed E-state index contributed by atoms with van der Waals surface area (Å²) in [6.07, 6.45) is 3.12. The van der Waals surface area contributed by atoms with E-state index in [9.17, 15) is 38.7 Å². The highest BCUT2D eigenvalue weighted by atomic mass is 32.2. The Kier molecular flexibility index (Phi) is 15.5. The molecule has 8 N–H and O–H groups in total. The molecule has 1 saturated heterocycles. The van der Waals surface area contributed by atoms with E-state index in [4.69, 9.17) is 0 Å². The lowest BCUT2D eigenvalue weighted by molar-refractivity contribution is -0.138. The van der Waals surface area contributed by atoms with Gasteiger partial charge in [0.05, 0.1) is 6.54 Å². The van der Waals surface area contributed by atoms with E-state index in [1.165, 1.54) is 11.8 Å². The Labute approximate surface area is 317 Å². The fourth-order valence-corrected chi connectivity index (χ4v) is 6.63. The molecule has 5 atom stereocenters. The van der Waals surface area contributed by atoms with Crippen LogP contribution in [0.25, 0.3) is 10.9 Å². The lowest BCUT2D eigenvalue weighted by Crippen LogP contribution is -2.60. The maximum Gasteiger partial charge on any atom is 0.303 e.